The number of rotatable bonds is 3. The molecule has 3 fully saturated rings. The molecule has 26 heavy (non-hydrogen) atoms. The van der Waals surface area contributed by atoms with Gasteiger partial charge in [0.25, 0.3) is 5.56 Å². The minimum absolute atomic E-state index is 0.113. The van der Waals surface area contributed by atoms with Gasteiger partial charge in [-0.15, -0.1) is 0 Å². The summed E-state index contributed by atoms with van der Waals surface area (Å²) in [6.07, 6.45) is 5.49. The van der Waals surface area contributed by atoms with Crippen LogP contribution in [0.2, 0.25) is 0 Å². The zero-order valence-corrected chi connectivity index (χ0v) is 14.9. The molecule has 1 saturated heterocycles. The molecule has 1 aromatic heterocycles. The standard InChI is InChI=1S/C19H24N4O3/c24-17-14-10-23(19(26)12-3-4-12)8-6-15(14)20-16(21-17)13-5-7-22(9-13)18(25)11-1-2-11/h11-13H,1-10H2,(H,20,21,24). The maximum Gasteiger partial charge on any atom is 0.256 e. The van der Waals surface area contributed by atoms with Crippen molar-refractivity contribution in [2.24, 2.45) is 11.8 Å². The summed E-state index contributed by atoms with van der Waals surface area (Å²) in [5.41, 5.74) is 1.35. The van der Waals surface area contributed by atoms with Crippen LogP contribution in [0.5, 0.6) is 0 Å². The fourth-order valence-electron chi connectivity index (χ4n) is 4.19. The molecule has 2 aliphatic carbocycles. The van der Waals surface area contributed by atoms with Crippen molar-refractivity contribution in [3.8, 4) is 0 Å². The number of nitrogens with one attached hydrogen (secondary N) is 1. The lowest BCUT2D eigenvalue weighted by Gasteiger charge is -2.28. The summed E-state index contributed by atoms with van der Waals surface area (Å²) in [4.78, 5) is 48.5. The monoisotopic (exact) mass is 356 g/mol. The van der Waals surface area contributed by atoms with Crippen LogP contribution >= 0.6 is 0 Å². The van der Waals surface area contributed by atoms with E-state index < -0.39 is 0 Å². The summed E-state index contributed by atoms with van der Waals surface area (Å²) in [6.45, 7) is 2.44. The van der Waals surface area contributed by atoms with Crippen LogP contribution in [0.1, 0.15) is 55.1 Å². The lowest BCUT2D eigenvalue weighted by molar-refractivity contribution is -0.133. The number of likely N-dealkylation sites (tertiary alicyclic amines) is 1. The van der Waals surface area contributed by atoms with Gasteiger partial charge in [-0.05, 0) is 32.1 Å². The van der Waals surface area contributed by atoms with Gasteiger partial charge in [0, 0.05) is 43.8 Å². The van der Waals surface area contributed by atoms with E-state index in [0.29, 0.717) is 37.4 Å². The van der Waals surface area contributed by atoms with E-state index in [4.69, 9.17) is 4.98 Å². The zero-order valence-electron chi connectivity index (χ0n) is 14.9. The molecule has 1 unspecified atom stereocenters. The first-order chi connectivity index (χ1) is 12.6. The number of aromatic nitrogens is 2. The number of fused-ring (bicyclic) bond motifs is 1. The van der Waals surface area contributed by atoms with Crippen LogP contribution in [-0.2, 0) is 22.6 Å². The number of hydrogen-bond donors (Lipinski definition) is 1. The van der Waals surface area contributed by atoms with Gasteiger partial charge in [-0.2, -0.15) is 0 Å². The number of nitrogens with zero attached hydrogens (tertiary/aromatic N) is 3. The fraction of sp³-hybridized carbons (Fsp3) is 0.684. The van der Waals surface area contributed by atoms with Crippen molar-refractivity contribution in [1.82, 2.24) is 19.8 Å². The Kier molecular flexibility index (Phi) is 3.65. The first-order valence-corrected chi connectivity index (χ1v) is 9.79. The summed E-state index contributed by atoms with van der Waals surface area (Å²) in [6, 6.07) is 0. The molecule has 5 rings (SSSR count). The summed E-state index contributed by atoms with van der Waals surface area (Å²) < 4.78 is 0. The zero-order chi connectivity index (χ0) is 17.8. The molecule has 1 aromatic rings. The summed E-state index contributed by atoms with van der Waals surface area (Å²) in [5, 5.41) is 0. The molecular weight excluding hydrogens is 332 g/mol. The molecule has 0 spiro atoms. The predicted molar refractivity (Wildman–Crippen MR) is 93.4 cm³/mol. The maximum absolute atomic E-state index is 12.6. The summed E-state index contributed by atoms with van der Waals surface area (Å²) >= 11 is 0. The summed E-state index contributed by atoms with van der Waals surface area (Å²) in [7, 11) is 0. The maximum atomic E-state index is 12.6. The Morgan fingerprint density at radius 3 is 2.35 bits per heavy atom. The van der Waals surface area contributed by atoms with E-state index >= 15 is 0 Å². The molecule has 1 atom stereocenters. The van der Waals surface area contributed by atoms with E-state index in [1.54, 1.807) is 0 Å². The van der Waals surface area contributed by atoms with Crippen LogP contribution in [-0.4, -0.2) is 51.2 Å². The molecule has 138 valence electrons. The lowest BCUT2D eigenvalue weighted by Crippen LogP contribution is -2.40. The van der Waals surface area contributed by atoms with Gasteiger partial charge in [0.1, 0.15) is 5.82 Å². The quantitative estimate of drug-likeness (QED) is 0.868. The molecule has 2 amide bonds. The Morgan fingerprint density at radius 2 is 1.65 bits per heavy atom. The van der Waals surface area contributed by atoms with E-state index in [-0.39, 0.29) is 35.1 Å². The molecule has 0 radical (unpaired) electrons. The van der Waals surface area contributed by atoms with Gasteiger partial charge in [0.15, 0.2) is 0 Å². The number of H-pyrrole nitrogens is 1. The normalized spacial score (nSPS) is 25.3. The van der Waals surface area contributed by atoms with Crippen LogP contribution in [0.15, 0.2) is 4.79 Å². The average Bonchev–Trinajstić information content (AvgIpc) is 3.57. The van der Waals surface area contributed by atoms with Crippen LogP contribution in [0.25, 0.3) is 0 Å². The van der Waals surface area contributed by atoms with Crippen molar-refractivity contribution in [1.29, 1.82) is 0 Å². The van der Waals surface area contributed by atoms with Crippen molar-refractivity contribution >= 4 is 11.8 Å². The highest BCUT2D eigenvalue weighted by Crippen LogP contribution is 2.35. The van der Waals surface area contributed by atoms with Crippen LogP contribution in [0, 0.1) is 11.8 Å². The molecule has 2 saturated carbocycles. The van der Waals surface area contributed by atoms with Gasteiger partial charge in [-0.1, -0.05) is 0 Å². The highest BCUT2D eigenvalue weighted by atomic mass is 16.2. The second kappa shape index (κ2) is 5.93. The van der Waals surface area contributed by atoms with Crippen LogP contribution in [0.3, 0.4) is 0 Å². The fourth-order valence-corrected chi connectivity index (χ4v) is 4.19. The van der Waals surface area contributed by atoms with E-state index in [2.05, 4.69) is 4.98 Å². The Labute approximate surface area is 151 Å². The van der Waals surface area contributed by atoms with Crippen molar-refractivity contribution in [3.05, 3.63) is 27.4 Å². The Morgan fingerprint density at radius 1 is 0.962 bits per heavy atom. The Bertz CT molecular complexity index is 825. The SMILES string of the molecule is O=C(C1CC1)N1CCc2nc(C3CCN(C(=O)C4CC4)C3)[nH]c(=O)c2C1. The molecule has 0 bridgehead atoms. The third-order valence-corrected chi connectivity index (χ3v) is 6.14. The number of amides is 2. The van der Waals surface area contributed by atoms with Crippen molar-refractivity contribution in [2.45, 2.75) is 51.0 Å². The van der Waals surface area contributed by atoms with E-state index in [1.807, 2.05) is 9.80 Å². The molecule has 4 aliphatic rings. The molecule has 7 nitrogen and oxygen atoms in total. The Hall–Kier alpha value is -2.18. The molecule has 1 N–H and O–H groups in total. The smallest absolute Gasteiger partial charge is 0.256 e. The topological polar surface area (TPSA) is 86.4 Å². The van der Waals surface area contributed by atoms with Gasteiger partial charge in [-0.3, -0.25) is 14.4 Å². The Balaban J connectivity index is 1.33. The number of aromatic amines is 1. The minimum atomic E-state index is -0.120. The minimum Gasteiger partial charge on any atom is -0.342 e. The van der Waals surface area contributed by atoms with Gasteiger partial charge < -0.3 is 14.8 Å². The van der Waals surface area contributed by atoms with Gasteiger partial charge in [0.05, 0.1) is 17.8 Å². The van der Waals surface area contributed by atoms with E-state index in [0.717, 1.165) is 44.3 Å². The number of carbonyl (C=O) groups excluding carboxylic acids is 2. The first kappa shape index (κ1) is 16.0. The third kappa shape index (κ3) is 2.83. The highest BCUT2D eigenvalue weighted by Gasteiger charge is 2.38. The highest BCUT2D eigenvalue weighted by molar-refractivity contribution is 5.81. The van der Waals surface area contributed by atoms with Gasteiger partial charge in [0.2, 0.25) is 11.8 Å². The van der Waals surface area contributed by atoms with Crippen LogP contribution < -0.4 is 5.56 Å². The third-order valence-electron chi connectivity index (χ3n) is 6.14. The second-order valence-electron chi connectivity index (χ2n) is 8.20. The predicted octanol–water partition coefficient (Wildman–Crippen LogP) is 0.790. The van der Waals surface area contributed by atoms with Gasteiger partial charge in [-0.25, -0.2) is 4.98 Å². The summed E-state index contributed by atoms with van der Waals surface area (Å²) in [5.74, 6) is 1.69. The van der Waals surface area contributed by atoms with Gasteiger partial charge >= 0.3 is 0 Å². The average molecular weight is 356 g/mol. The first-order valence-electron chi connectivity index (χ1n) is 9.79. The molecule has 3 heterocycles. The van der Waals surface area contributed by atoms with Crippen molar-refractivity contribution < 1.29 is 9.59 Å². The molecule has 0 aromatic carbocycles. The van der Waals surface area contributed by atoms with Crippen molar-refractivity contribution in [2.75, 3.05) is 19.6 Å². The van der Waals surface area contributed by atoms with E-state index in [9.17, 15) is 14.4 Å². The van der Waals surface area contributed by atoms with Crippen LogP contribution in [0.4, 0.5) is 0 Å². The van der Waals surface area contributed by atoms with Crippen molar-refractivity contribution in [3.63, 3.8) is 0 Å². The number of carbonyl (C=O) groups is 2. The largest absolute Gasteiger partial charge is 0.342 e. The molecular formula is C19H24N4O3. The molecule has 2 aliphatic heterocycles. The number of hydrogen-bond acceptors (Lipinski definition) is 4. The molecule has 7 heteroatoms. The van der Waals surface area contributed by atoms with E-state index in [1.165, 1.54) is 0 Å². The lowest BCUT2D eigenvalue weighted by atomic mass is 10.0. The second-order valence-corrected chi connectivity index (χ2v) is 8.20.